The quantitative estimate of drug-likeness (QED) is 0.642. The minimum atomic E-state index is 0.117. The fourth-order valence-corrected chi connectivity index (χ4v) is 1.23. The topological polar surface area (TPSA) is 60.2 Å². The minimum Gasteiger partial charge on any atom is -0.383 e. The number of nitrogens with two attached hydrogens (primary N) is 1. The Kier molecular flexibility index (Phi) is 5.14. The zero-order valence-corrected chi connectivity index (χ0v) is 8.44. The number of pyridine rings is 1. The number of hydrogen-bond donors (Lipinski definition) is 2. The molecule has 0 aliphatic rings. The molecule has 1 atom stereocenters. The summed E-state index contributed by atoms with van der Waals surface area (Å²) in [6, 6.07) is 5.94. The summed E-state index contributed by atoms with van der Waals surface area (Å²) < 4.78 is 4.95. The number of aromatic nitrogens is 1. The number of rotatable bonds is 6. The molecule has 4 nitrogen and oxygen atoms in total. The van der Waals surface area contributed by atoms with Gasteiger partial charge in [-0.15, -0.1) is 0 Å². The Balaban J connectivity index is 2.46. The maximum atomic E-state index is 5.64. The van der Waals surface area contributed by atoms with E-state index in [9.17, 15) is 0 Å². The molecule has 14 heavy (non-hydrogen) atoms. The molecular formula is C10H17N3O. The summed E-state index contributed by atoms with van der Waals surface area (Å²) in [5.41, 5.74) is 6.62. The predicted molar refractivity (Wildman–Crippen MR) is 55.9 cm³/mol. The fraction of sp³-hybridized carbons (Fsp3) is 0.500. The lowest BCUT2D eigenvalue weighted by atomic mass is 10.2. The van der Waals surface area contributed by atoms with Gasteiger partial charge < -0.3 is 15.8 Å². The Morgan fingerprint density at radius 3 is 3.00 bits per heavy atom. The normalized spacial score (nSPS) is 12.7. The van der Waals surface area contributed by atoms with Gasteiger partial charge in [0.05, 0.1) is 18.3 Å². The van der Waals surface area contributed by atoms with Gasteiger partial charge in [0.2, 0.25) is 0 Å². The Labute approximate surface area is 84.5 Å². The van der Waals surface area contributed by atoms with Crippen LogP contribution in [0.1, 0.15) is 11.7 Å². The van der Waals surface area contributed by atoms with Crippen molar-refractivity contribution in [2.24, 2.45) is 5.73 Å². The monoisotopic (exact) mass is 195 g/mol. The van der Waals surface area contributed by atoms with Gasteiger partial charge in [-0.25, -0.2) is 0 Å². The molecule has 78 valence electrons. The smallest absolute Gasteiger partial charge is 0.0620 e. The Morgan fingerprint density at radius 1 is 1.57 bits per heavy atom. The van der Waals surface area contributed by atoms with Gasteiger partial charge in [0.15, 0.2) is 0 Å². The molecule has 0 aliphatic carbocycles. The standard InChI is InChI=1S/C10H17N3O/c1-14-7-6-13-10(8-11)9-4-2-3-5-12-9/h2-5,10,13H,6-8,11H2,1H3. The average Bonchev–Trinajstić information content (AvgIpc) is 2.26. The van der Waals surface area contributed by atoms with E-state index in [4.69, 9.17) is 10.5 Å². The molecule has 1 unspecified atom stereocenters. The molecule has 0 bridgehead atoms. The van der Waals surface area contributed by atoms with Gasteiger partial charge in [-0.1, -0.05) is 6.07 Å². The predicted octanol–water partition coefficient (Wildman–Crippen LogP) is 0.317. The van der Waals surface area contributed by atoms with Crippen LogP contribution in [0.2, 0.25) is 0 Å². The second kappa shape index (κ2) is 6.48. The fourth-order valence-electron chi connectivity index (χ4n) is 1.23. The number of ether oxygens (including phenoxy) is 1. The van der Waals surface area contributed by atoms with E-state index in [-0.39, 0.29) is 6.04 Å². The van der Waals surface area contributed by atoms with Gasteiger partial charge >= 0.3 is 0 Å². The van der Waals surface area contributed by atoms with Crippen molar-refractivity contribution in [3.8, 4) is 0 Å². The molecule has 1 aromatic rings. The molecule has 0 amide bonds. The maximum absolute atomic E-state index is 5.64. The van der Waals surface area contributed by atoms with Crippen LogP contribution in [0.15, 0.2) is 24.4 Å². The van der Waals surface area contributed by atoms with Crippen molar-refractivity contribution in [3.05, 3.63) is 30.1 Å². The van der Waals surface area contributed by atoms with Crippen LogP contribution in [0.3, 0.4) is 0 Å². The van der Waals surface area contributed by atoms with Gasteiger partial charge in [-0.3, -0.25) is 4.98 Å². The molecule has 0 saturated carbocycles. The second-order valence-corrected chi connectivity index (χ2v) is 2.99. The first-order valence-corrected chi connectivity index (χ1v) is 4.71. The van der Waals surface area contributed by atoms with E-state index >= 15 is 0 Å². The summed E-state index contributed by atoms with van der Waals surface area (Å²) in [6.07, 6.45) is 1.77. The van der Waals surface area contributed by atoms with Crippen LogP contribution in [-0.2, 0) is 4.74 Å². The van der Waals surface area contributed by atoms with Gasteiger partial charge in [-0.2, -0.15) is 0 Å². The van der Waals surface area contributed by atoms with Gasteiger partial charge in [-0.05, 0) is 12.1 Å². The highest BCUT2D eigenvalue weighted by Gasteiger charge is 2.08. The SMILES string of the molecule is COCCNC(CN)c1ccccn1. The van der Waals surface area contributed by atoms with Gasteiger partial charge in [0.25, 0.3) is 0 Å². The van der Waals surface area contributed by atoms with Crippen LogP contribution in [0, 0.1) is 0 Å². The van der Waals surface area contributed by atoms with Crippen LogP contribution >= 0.6 is 0 Å². The number of nitrogens with zero attached hydrogens (tertiary/aromatic N) is 1. The molecule has 0 saturated heterocycles. The van der Waals surface area contributed by atoms with E-state index in [0.717, 1.165) is 12.2 Å². The molecule has 1 aromatic heterocycles. The van der Waals surface area contributed by atoms with Crippen molar-refractivity contribution < 1.29 is 4.74 Å². The molecule has 1 heterocycles. The number of methoxy groups -OCH3 is 1. The third-order valence-corrected chi connectivity index (χ3v) is 1.98. The van der Waals surface area contributed by atoms with E-state index in [1.165, 1.54) is 0 Å². The van der Waals surface area contributed by atoms with Gasteiger partial charge in [0.1, 0.15) is 0 Å². The van der Waals surface area contributed by atoms with Crippen LogP contribution in [0.25, 0.3) is 0 Å². The Hall–Kier alpha value is -0.970. The summed E-state index contributed by atoms with van der Waals surface area (Å²) in [5, 5.41) is 3.27. The zero-order chi connectivity index (χ0) is 10.2. The van der Waals surface area contributed by atoms with Crippen molar-refractivity contribution >= 4 is 0 Å². The van der Waals surface area contributed by atoms with E-state index in [2.05, 4.69) is 10.3 Å². The van der Waals surface area contributed by atoms with Crippen molar-refractivity contribution in [1.29, 1.82) is 0 Å². The van der Waals surface area contributed by atoms with Crippen molar-refractivity contribution in [2.75, 3.05) is 26.8 Å². The van der Waals surface area contributed by atoms with Crippen LogP contribution < -0.4 is 11.1 Å². The highest BCUT2D eigenvalue weighted by atomic mass is 16.5. The number of nitrogens with one attached hydrogen (secondary N) is 1. The maximum Gasteiger partial charge on any atom is 0.0620 e. The molecular weight excluding hydrogens is 178 g/mol. The minimum absolute atomic E-state index is 0.117. The molecule has 0 spiro atoms. The second-order valence-electron chi connectivity index (χ2n) is 2.99. The number of hydrogen-bond acceptors (Lipinski definition) is 4. The highest BCUT2D eigenvalue weighted by Crippen LogP contribution is 2.06. The lowest BCUT2D eigenvalue weighted by Gasteiger charge is -2.15. The van der Waals surface area contributed by atoms with E-state index < -0.39 is 0 Å². The summed E-state index contributed by atoms with van der Waals surface area (Å²) in [7, 11) is 1.68. The lowest BCUT2D eigenvalue weighted by molar-refractivity contribution is 0.196. The zero-order valence-electron chi connectivity index (χ0n) is 8.44. The van der Waals surface area contributed by atoms with Crippen molar-refractivity contribution in [3.63, 3.8) is 0 Å². The van der Waals surface area contributed by atoms with E-state index in [0.29, 0.717) is 13.2 Å². The lowest BCUT2D eigenvalue weighted by Crippen LogP contribution is -2.31. The van der Waals surface area contributed by atoms with E-state index in [1.54, 1.807) is 13.3 Å². The van der Waals surface area contributed by atoms with Gasteiger partial charge in [0, 0.05) is 26.4 Å². The molecule has 0 aromatic carbocycles. The molecule has 4 heteroatoms. The molecule has 3 N–H and O–H groups in total. The Bertz CT molecular complexity index is 240. The largest absolute Gasteiger partial charge is 0.383 e. The highest BCUT2D eigenvalue weighted by molar-refractivity contribution is 5.08. The summed E-state index contributed by atoms with van der Waals surface area (Å²) in [5.74, 6) is 0. The van der Waals surface area contributed by atoms with E-state index in [1.807, 2.05) is 18.2 Å². The summed E-state index contributed by atoms with van der Waals surface area (Å²) >= 11 is 0. The average molecular weight is 195 g/mol. The summed E-state index contributed by atoms with van der Waals surface area (Å²) in [6.45, 7) is 2.01. The molecule has 1 rings (SSSR count). The first kappa shape index (κ1) is 11.1. The third-order valence-electron chi connectivity index (χ3n) is 1.98. The van der Waals surface area contributed by atoms with Crippen LogP contribution in [0.4, 0.5) is 0 Å². The third kappa shape index (κ3) is 3.41. The van der Waals surface area contributed by atoms with Crippen molar-refractivity contribution in [1.82, 2.24) is 10.3 Å². The van der Waals surface area contributed by atoms with Crippen LogP contribution in [-0.4, -0.2) is 31.8 Å². The first-order valence-electron chi connectivity index (χ1n) is 4.71. The first-order chi connectivity index (χ1) is 6.88. The molecule has 0 radical (unpaired) electrons. The van der Waals surface area contributed by atoms with Crippen LogP contribution in [0.5, 0.6) is 0 Å². The van der Waals surface area contributed by atoms with Crippen molar-refractivity contribution in [2.45, 2.75) is 6.04 Å². The summed E-state index contributed by atoms with van der Waals surface area (Å²) in [4.78, 5) is 4.25. The Morgan fingerprint density at radius 2 is 2.43 bits per heavy atom. The molecule has 0 fully saturated rings. The molecule has 0 aliphatic heterocycles.